The number of hydrogen-bond acceptors (Lipinski definition) is 3. The highest BCUT2D eigenvalue weighted by molar-refractivity contribution is 5.79. The van der Waals surface area contributed by atoms with E-state index in [9.17, 15) is 0 Å². The molecule has 1 aliphatic heterocycles. The molecule has 2 rings (SSSR count). The Hall–Kier alpha value is -1.75. The van der Waals surface area contributed by atoms with E-state index in [1.165, 1.54) is 31.4 Å². The van der Waals surface area contributed by atoms with Crippen molar-refractivity contribution < 1.29 is 4.74 Å². The molecule has 0 amide bonds. The summed E-state index contributed by atoms with van der Waals surface area (Å²) >= 11 is 0. The number of methoxy groups -OCH3 is 1. The van der Waals surface area contributed by atoms with Crippen molar-refractivity contribution in [2.75, 3.05) is 33.8 Å². The molecule has 2 unspecified atom stereocenters. The van der Waals surface area contributed by atoms with E-state index in [4.69, 9.17) is 4.74 Å². The van der Waals surface area contributed by atoms with Gasteiger partial charge in [-0.15, -0.1) is 0 Å². The van der Waals surface area contributed by atoms with Crippen LogP contribution in [-0.2, 0) is 6.42 Å². The van der Waals surface area contributed by atoms with Crippen LogP contribution in [0.2, 0.25) is 0 Å². The topological polar surface area (TPSA) is 48.9 Å². The molecule has 0 saturated carbocycles. The van der Waals surface area contributed by atoms with Gasteiger partial charge in [0.05, 0.1) is 7.11 Å². The molecular weight excluding hydrogens is 312 g/mol. The van der Waals surface area contributed by atoms with Crippen LogP contribution in [0.3, 0.4) is 0 Å². The molecule has 0 aliphatic carbocycles. The number of nitrogens with zero attached hydrogens (tertiary/aromatic N) is 2. The Morgan fingerprint density at radius 2 is 2.04 bits per heavy atom. The standard InChI is InChI=1S/C20H34N4O/c1-16-7-5-6-14-24(16)17(2)15-23-20(21-3)22-13-12-18-8-10-19(25-4)11-9-18/h8-11,16-17H,5-7,12-15H2,1-4H3,(H2,21,22,23). The normalized spacial score (nSPS) is 20.2. The number of ether oxygens (including phenoxy) is 1. The Kier molecular flexibility index (Phi) is 8.06. The first-order valence-corrected chi connectivity index (χ1v) is 9.47. The Morgan fingerprint density at radius 3 is 2.68 bits per heavy atom. The highest BCUT2D eigenvalue weighted by Crippen LogP contribution is 2.18. The number of rotatable bonds is 7. The van der Waals surface area contributed by atoms with E-state index >= 15 is 0 Å². The molecule has 0 aromatic heterocycles. The highest BCUT2D eigenvalue weighted by atomic mass is 16.5. The van der Waals surface area contributed by atoms with Gasteiger partial charge in [-0.2, -0.15) is 0 Å². The smallest absolute Gasteiger partial charge is 0.191 e. The summed E-state index contributed by atoms with van der Waals surface area (Å²) in [5.74, 6) is 1.78. The number of likely N-dealkylation sites (tertiary alicyclic amines) is 1. The van der Waals surface area contributed by atoms with Crippen molar-refractivity contribution in [3.8, 4) is 5.75 Å². The van der Waals surface area contributed by atoms with E-state index in [1.54, 1.807) is 7.11 Å². The van der Waals surface area contributed by atoms with Crippen LogP contribution in [0.25, 0.3) is 0 Å². The summed E-state index contributed by atoms with van der Waals surface area (Å²) in [6.45, 7) is 7.65. The van der Waals surface area contributed by atoms with Gasteiger partial charge in [0.1, 0.15) is 5.75 Å². The molecule has 2 N–H and O–H groups in total. The van der Waals surface area contributed by atoms with Crippen molar-refractivity contribution in [3.05, 3.63) is 29.8 Å². The lowest BCUT2D eigenvalue weighted by atomic mass is 10.0. The minimum Gasteiger partial charge on any atom is -0.497 e. The van der Waals surface area contributed by atoms with Crippen LogP contribution in [0.5, 0.6) is 5.75 Å². The molecule has 1 aromatic rings. The van der Waals surface area contributed by atoms with Crippen LogP contribution in [0.15, 0.2) is 29.3 Å². The zero-order chi connectivity index (χ0) is 18.1. The molecule has 1 aromatic carbocycles. The molecule has 1 saturated heterocycles. The van der Waals surface area contributed by atoms with E-state index in [2.05, 4.69) is 46.5 Å². The molecule has 2 atom stereocenters. The van der Waals surface area contributed by atoms with Crippen molar-refractivity contribution in [2.45, 2.75) is 51.6 Å². The quantitative estimate of drug-likeness (QED) is 0.589. The predicted molar refractivity (Wildman–Crippen MR) is 106 cm³/mol. The van der Waals surface area contributed by atoms with E-state index < -0.39 is 0 Å². The van der Waals surface area contributed by atoms with Crippen molar-refractivity contribution in [2.24, 2.45) is 4.99 Å². The summed E-state index contributed by atoms with van der Waals surface area (Å²) < 4.78 is 5.19. The number of nitrogens with one attached hydrogen (secondary N) is 2. The maximum absolute atomic E-state index is 5.19. The summed E-state index contributed by atoms with van der Waals surface area (Å²) in [4.78, 5) is 6.95. The zero-order valence-corrected chi connectivity index (χ0v) is 16.2. The van der Waals surface area contributed by atoms with Crippen LogP contribution in [0.1, 0.15) is 38.7 Å². The van der Waals surface area contributed by atoms with Gasteiger partial charge in [0.2, 0.25) is 0 Å². The Balaban J connectivity index is 1.70. The largest absolute Gasteiger partial charge is 0.497 e. The fourth-order valence-electron chi connectivity index (χ4n) is 3.47. The van der Waals surface area contributed by atoms with Gasteiger partial charge in [0.15, 0.2) is 5.96 Å². The number of aliphatic imine (C=N–C) groups is 1. The van der Waals surface area contributed by atoms with Crippen molar-refractivity contribution in [1.29, 1.82) is 0 Å². The third-order valence-electron chi connectivity index (χ3n) is 5.07. The van der Waals surface area contributed by atoms with Crippen molar-refractivity contribution in [1.82, 2.24) is 15.5 Å². The first-order chi connectivity index (χ1) is 12.1. The van der Waals surface area contributed by atoms with E-state index in [0.29, 0.717) is 12.1 Å². The van der Waals surface area contributed by atoms with E-state index in [0.717, 1.165) is 31.2 Å². The van der Waals surface area contributed by atoms with Gasteiger partial charge in [0.25, 0.3) is 0 Å². The Morgan fingerprint density at radius 1 is 1.28 bits per heavy atom. The Bertz CT molecular complexity index is 529. The van der Waals surface area contributed by atoms with Crippen molar-refractivity contribution in [3.63, 3.8) is 0 Å². The van der Waals surface area contributed by atoms with Gasteiger partial charge >= 0.3 is 0 Å². The summed E-state index contributed by atoms with van der Waals surface area (Å²) in [5.41, 5.74) is 1.29. The molecule has 140 valence electrons. The first kappa shape index (κ1) is 19.6. The lowest BCUT2D eigenvalue weighted by Crippen LogP contribution is -2.50. The highest BCUT2D eigenvalue weighted by Gasteiger charge is 2.22. The van der Waals surface area contributed by atoms with Gasteiger partial charge in [-0.1, -0.05) is 18.6 Å². The molecule has 0 spiro atoms. The molecule has 1 aliphatic rings. The van der Waals surface area contributed by atoms with Gasteiger partial charge in [-0.05, 0) is 57.4 Å². The fourth-order valence-corrected chi connectivity index (χ4v) is 3.47. The number of guanidine groups is 1. The second kappa shape index (κ2) is 10.3. The molecule has 5 nitrogen and oxygen atoms in total. The van der Waals surface area contributed by atoms with Gasteiger partial charge < -0.3 is 15.4 Å². The molecule has 0 bridgehead atoms. The monoisotopic (exact) mass is 346 g/mol. The maximum Gasteiger partial charge on any atom is 0.191 e. The summed E-state index contributed by atoms with van der Waals surface area (Å²) in [6, 6.07) is 9.44. The van der Waals surface area contributed by atoms with Crippen molar-refractivity contribution >= 4 is 5.96 Å². The third-order valence-corrected chi connectivity index (χ3v) is 5.07. The fraction of sp³-hybridized carbons (Fsp3) is 0.650. The van der Waals surface area contributed by atoms with E-state index in [-0.39, 0.29) is 0 Å². The zero-order valence-electron chi connectivity index (χ0n) is 16.2. The minimum absolute atomic E-state index is 0.524. The number of benzene rings is 1. The van der Waals surface area contributed by atoms with Crippen LogP contribution in [-0.4, -0.2) is 56.7 Å². The average molecular weight is 347 g/mol. The second-order valence-corrected chi connectivity index (χ2v) is 6.91. The van der Waals surface area contributed by atoms with Crippen LogP contribution < -0.4 is 15.4 Å². The van der Waals surface area contributed by atoms with Gasteiger partial charge in [-0.3, -0.25) is 9.89 Å². The van der Waals surface area contributed by atoms with Crippen LogP contribution >= 0.6 is 0 Å². The lowest BCUT2D eigenvalue weighted by molar-refractivity contribution is 0.115. The van der Waals surface area contributed by atoms with E-state index in [1.807, 2.05) is 19.2 Å². The molecule has 1 heterocycles. The summed E-state index contributed by atoms with van der Waals surface area (Å²) in [5, 5.41) is 6.87. The molecule has 5 heteroatoms. The summed E-state index contributed by atoms with van der Waals surface area (Å²) in [7, 11) is 3.52. The summed E-state index contributed by atoms with van der Waals surface area (Å²) in [6.07, 6.45) is 4.97. The van der Waals surface area contributed by atoms with Gasteiger partial charge in [0, 0.05) is 32.2 Å². The lowest BCUT2D eigenvalue weighted by Gasteiger charge is -2.38. The Labute approximate surface area is 152 Å². The predicted octanol–water partition coefficient (Wildman–Crippen LogP) is 2.67. The number of hydrogen-bond donors (Lipinski definition) is 2. The molecular formula is C20H34N4O. The average Bonchev–Trinajstić information content (AvgIpc) is 2.65. The van der Waals surface area contributed by atoms with Crippen LogP contribution in [0.4, 0.5) is 0 Å². The van der Waals surface area contributed by atoms with Crippen LogP contribution in [0, 0.1) is 0 Å². The SMILES string of the molecule is CN=C(NCCc1ccc(OC)cc1)NCC(C)N1CCCCC1C. The first-order valence-electron chi connectivity index (χ1n) is 9.47. The molecule has 1 fully saturated rings. The van der Waals surface area contributed by atoms with Gasteiger partial charge in [-0.25, -0.2) is 0 Å². The molecule has 0 radical (unpaired) electrons. The third kappa shape index (κ3) is 6.24. The molecule has 25 heavy (non-hydrogen) atoms. The second-order valence-electron chi connectivity index (χ2n) is 6.91. The number of piperidine rings is 1. The maximum atomic E-state index is 5.19. The minimum atomic E-state index is 0.524.